The zero-order valence-corrected chi connectivity index (χ0v) is 14.6. The maximum absolute atomic E-state index is 12.2. The summed E-state index contributed by atoms with van der Waals surface area (Å²) < 4.78 is 10.6. The quantitative estimate of drug-likeness (QED) is 0.506. The van der Waals surface area contributed by atoms with Crippen molar-refractivity contribution >= 4 is 11.9 Å². The molecule has 0 aliphatic rings. The van der Waals surface area contributed by atoms with E-state index >= 15 is 0 Å². The van der Waals surface area contributed by atoms with Crippen LogP contribution in [0, 0.1) is 13.8 Å². The molecule has 0 bridgehead atoms. The van der Waals surface area contributed by atoms with Crippen LogP contribution < -0.4 is 9.47 Å². The van der Waals surface area contributed by atoms with Gasteiger partial charge in [0.05, 0.1) is 11.1 Å². The molecule has 0 saturated carbocycles. The second-order valence-corrected chi connectivity index (χ2v) is 5.98. The third-order valence-corrected chi connectivity index (χ3v) is 3.82. The van der Waals surface area contributed by atoms with Gasteiger partial charge in [0.1, 0.15) is 11.5 Å². The SMILES string of the molecule is Cc1ccc(OC(=O)c2ccc(C(=O)Oc3ccc(C)cc3)cc2)cc1. The largest absolute Gasteiger partial charge is 0.423 e. The summed E-state index contributed by atoms with van der Waals surface area (Å²) in [6.45, 7) is 3.92. The van der Waals surface area contributed by atoms with Gasteiger partial charge in [0.2, 0.25) is 0 Å². The summed E-state index contributed by atoms with van der Waals surface area (Å²) in [5.41, 5.74) is 2.89. The molecule has 0 heterocycles. The molecule has 3 rings (SSSR count). The Morgan fingerprint density at radius 3 is 1.15 bits per heavy atom. The van der Waals surface area contributed by atoms with Crippen LogP contribution in [0.2, 0.25) is 0 Å². The van der Waals surface area contributed by atoms with Crippen LogP contribution in [-0.4, -0.2) is 11.9 Å². The van der Waals surface area contributed by atoms with Crippen LogP contribution in [0.4, 0.5) is 0 Å². The van der Waals surface area contributed by atoms with Gasteiger partial charge in [0.15, 0.2) is 0 Å². The van der Waals surface area contributed by atoms with Crippen molar-refractivity contribution in [3.05, 3.63) is 95.1 Å². The summed E-state index contributed by atoms with van der Waals surface area (Å²) in [6.07, 6.45) is 0. The summed E-state index contributed by atoms with van der Waals surface area (Å²) in [5, 5.41) is 0. The van der Waals surface area contributed by atoms with E-state index in [1.165, 1.54) is 0 Å². The first-order valence-electron chi connectivity index (χ1n) is 8.19. The number of hydrogen-bond acceptors (Lipinski definition) is 4. The Labute approximate surface area is 152 Å². The molecule has 0 fully saturated rings. The van der Waals surface area contributed by atoms with Gasteiger partial charge in [-0.1, -0.05) is 35.4 Å². The van der Waals surface area contributed by atoms with E-state index in [4.69, 9.17) is 9.47 Å². The lowest BCUT2D eigenvalue weighted by atomic mass is 10.1. The molecule has 0 radical (unpaired) electrons. The standard InChI is InChI=1S/C22H18O4/c1-15-3-11-19(12-4-15)25-21(23)17-7-9-18(10-8-17)22(24)26-20-13-5-16(2)6-14-20/h3-14H,1-2H3. The van der Waals surface area contributed by atoms with Crippen molar-refractivity contribution in [1.82, 2.24) is 0 Å². The molecule has 0 saturated heterocycles. The Morgan fingerprint density at radius 2 is 0.846 bits per heavy atom. The first kappa shape index (κ1) is 17.4. The van der Waals surface area contributed by atoms with E-state index in [2.05, 4.69) is 0 Å². The van der Waals surface area contributed by atoms with Crippen LogP contribution in [0.15, 0.2) is 72.8 Å². The van der Waals surface area contributed by atoms with Crippen molar-refractivity contribution in [3.63, 3.8) is 0 Å². The molecule has 130 valence electrons. The number of esters is 2. The molecule has 0 aromatic heterocycles. The highest BCUT2D eigenvalue weighted by atomic mass is 16.5. The molecular formula is C22H18O4. The fraction of sp³-hybridized carbons (Fsp3) is 0.0909. The number of hydrogen-bond donors (Lipinski definition) is 0. The van der Waals surface area contributed by atoms with Crippen LogP contribution in [0.5, 0.6) is 11.5 Å². The van der Waals surface area contributed by atoms with E-state index < -0.39 is 11.9 Å². The molecule has 0 spiro atoms. The van der Waals surface area contributed by atoms with Gasteiger partial charge in [-0.15, -0.1) is 0 Å². The van der Waals surface area contributed by atoms with Gasteiger partial charge >= 0.3 is 11.9 Å². The molecule has 0 amide bonds. The molecule has 0 atom stereocenters. The lowest BCUT2D eigenvalue weighted by Crippen LogP contribution is -2.11. The Bertz CT molecular complexity index is 829. The van der Waals surface area contributed by atoms with E-state index in [0.717, 1.165) is 11.1 Å². The number of aryl methyl sites for hydroxylation is 2. The topological polar surface area (TPSA) is 52.6 Å². The number of benzene rings is 3. The Morgan fingerprint density at radius 1 is 0.538 bits per heavy atom. The predicted octanol–water partition coefficient (Wildman–Crippen LogP) is 4.74. The number of carbonyl (C=O) groups excluding carboxylic acids is 2. The Kier molecular flexibility index (Phi) is 5.13. The minimum atomic E-state index is -0.479. The fourth-order valence-corrected chi connectivity index (χ4v) is 2.29. The summed E-state index contributed by atoms with van der Waals surface area (Å²) in [5.74, 6) is -0.00785. The molecular weight excluding hydrogens is 328 g/mol. The van der Waals surface area contributed by atoms with E-state index in [1.807, 2.05) is 38.1 Å². The molecule has 4 heteroatoms. The third-order valence-electron chi connectivity index (χ3n) is 3.82. The van der Waals surface area contributed by atoms with Gasteiger partial charge in [-0.2, -0.15) is 0 Å². The molecule has 0 aliphatic carbocycles. The van der Waals surface area contributed by atoms with Crippen LogP contribution in [0.1, 0.15) is 31.8 Å². The maximum Gasteiger partial charge on any atom is 0.343 e. The van der Waals surface area contributed by atoms with Gasteiger partial charge in [-0.05, 0) is 62.4 Å². The van der Waals surface area contributed by atoms with E-state index in [-0.39, 0.29) is 0 Å². The summed E-state index contributed by atoms with van der Waals surface area (Å²) >= 11 is 0. The predicted molar refractivity (Wildman–Crippen MR) is 98.7 cm³/mol. The molecule has 0 unspecified atom stereocenters. The molecule has 4 nitrogen and oxygen atoms in total. The van der Waals surface area contributed by atoms with Crippen molar-refractivity contribution in [3.8, 4) is 11.5 Å². The highest BCUT2D eigenvalue weighted by molar-refractivity contribution is 5.94. The van der Waals surface area contributed by atoms with E-state index in [0.29, 0.717) is 22.6 Å². The fourth-order valence-electron chi connectivity index (χ4n) is 2.29. The zero-order valence-electron chi connectivity index (χ0n) is 14.6. The monoisotopic (exact) mass is 346 g/mol. The second kappa shape index (κ2) is 7.66. The van der Waals surface area contributed by atoms with Gasteiger partial charge in [0, 0.05) is 0 Å². The average Bonchev–Trinajstić information content (AvgIpc) is 2.65. The number of carbonyl (C=O) groups is 2. The van der Waals surface area contributed by atoms with Crippen LogP contribution in [-0.2, 0) is 0 Å². The third kappa shape index (κ3) is 4.36. The van der Waals surface area contributed by atoms with E-state index in [1.54, 1.807) is 48.5 Å². The van der Waals surface area contributed by atoms with Crippen molar-refractivity contribution in [2.75, 3.05) is 0 Å². The van der Waals surface area contributed by atoms with Crippen molar-refractivity contribution in [2.45, 2.75) is 13.8 Å². The van der Waals surface area contributed by atoms with Gasteiger partial charge < -0.3 is 9.47 Å². The smallest absolute Gasteiger partial charge is 0.343 e. The lowest BCUT2D eigenvalue weighted by molar-refractivity contribution is 0.0720. The molecule has 0 aliphatic heterocycles. The lowest BCUT2D eigenvalue weighted by Gasteiger charge is -2.07. The molecule has 3 aromatic rings. The normalized spacial score (nSPS) is 10.2. The first-order valence-corrected chi connectivity index (χ1v) is 8.19. The highest BCUT2D eigenvalue weighted by Crippen LogP contribution is 2.16. The highest BCUT2D eigenvalue weighted by Gasteiger charge is 2.12. The molecule has 26 heavy (non-hydrogen) atoms. The molecule has 0 N–H and O–H groups in total. The number of rotatable bonds is 4. The summed E-state index contributed by atoms with van der Waals surface area (Å²) in [6, 6.07) is 20.6. The summed E-state index contributed by atoms with van der Waals surface area (Å²) in [4.78, 5) is 24.3. The van der Waals surface area contributed by atoms with Crippen LogP contribution in [0.25, 0.3) is 0 Å². The van der Waals surface area contributed by atoms with Crippen LogP contribution in [0.3, 0.4) is 0 Å². The van der Waals surface area contributed by atoms with Gasteiger partial charge in [-0.25, -0.2) is 9.59 Å². The Balaban J connectivity index is 1.65. The number of ether oxygens (including phenoxy) is 2. The van der Waals surface area contributed by atoms with Crippen molar-refractivity contribution in [2.24, 2.45) is 0 Å². The van der Waals surface area contributed by atoms with Crippen molar-refractivity contribution in [1.29, 1.82) is 0 Å². The maximum atomic E-state index is 12.2. The molecule has 3 aromatic carbocycles. The zero-order chi connectivity index (χ0) is 18.5. The van der Waals surface area contributed by atoms with Crippen molar-refractivity contribution < 1.29 is 19.1 Å². The minimum Gasteiger partial charge on any atom is -0.423 e. The van der Waals surface area contributed by atoms with Crippen LogP contribution >= 0.6 is 0 Å². The van der Waals surface area contributed by atoms with Gasteiger partial charge in [-0.3, -0.25) is 0 Å². The average molecular weight is 346 g/mol. The Hall–Kier alpha value is -3.40. The summed E-state index contributed by atoms with van der Waals surface area (Å²) in [7, 11) is 0. The second-order valence-electron chi connectivity index (χ2n) is 5.98. The van der Waals surface area contributed by atoms with Gasteiger partial charge in [0.25, 0.3) is 0 Å². The van der Waals surface area contributed by atoms with E-state index in [9.17, 15) is 9.59 Å². The minimum absolute atomic E-state index is 0.359. The first-order chi connectivity index (χ1) is 12.5.